The van der Waals surface area contributed by atoms with Crippen LogP contribution >= 0.6 is 0 Å². The van der Waals surface area contributed by atoms with E-state index in [2.05, 4.69) is 107 Å². The number of nitrogens with zero attached hydrogens (tertiary/aromatic N) is 2. The van der Waals surface area contributed by atoms with Crippen molar-refractivity contribution < 1.29 is 70.2 Å². The first-order valence-corrected chi connectivity index (χ1v) is 18.6. The molecule has 1 N–H and O–H groups in total. The minimum atomic E-state index is -5.99. The van der Waals surface area contributed by atoms with Crippen molar-refractivity contribution in [1.29, 1.82) is 0 Å². The van der Waals surface area contributed by atoms with Crippen molar-refractivity contribution >= 4 is 30.4 Å². The van der Waals surface area contributed by atoms with E-state index in [0.29, 0.717) is 0 Å². The number of aryl methyl sites for hydroxylation is 1. The molecule has 50 heavy (non-hydrogen) atoms. The van der Waals surface area contributed by atoms with E-state index in [1.165, 1.54) is 23.3 Å². The number of aliphatic hydroxyl groups is 1. The van der Waals surface area contributed by atoms with Gasteiger partial charge in [0.05, 0.1) is 47.2 Å². The quantitative estimate of drug-likeness (QED) is 0.131. The molecule has 0 saturated heterocycles. The van der Waals surface area contributed by atoms with E-state index in [9.17, 15) is 51.9 Å². The summed E-state index contributed by atoms with van der Waals surface area (Å²) in [5, 5.41) is -1.76. The molecule has 0 radical (unpaired) electrons. The van der Waals surface area contributed by atoms with E-state index in [1.54, 1.807) is 6.92 Å². The maximum atomic E-state index is 12.8. The summed E-state index contributed by atoms with van der Waals surface area (Å²) in [5.74, 6) is 0. The third kappa shape index (κ3) is 19.4. The van der Waals surface area contributed by atoms with Gasteiger partial charge in [0.2, 0.25) is 0 Å². The molecule has 0 aliphatic heterocycles. The van der Waals surface area contributed by atoms with Crippen LogP contribution in [-0.4, -0.2) is 114 Å². The lowest BCUT2D eigenvalue weighted by atomic mass is 10.2. The largest absolute Gasteiger partial charge is 0.743 e. The second kappa shape index (κ2) is 19.0. The van der Waals surface area contributed by atoms with Crippen molar-refractivity contribution in [2.75, 3.05) is 55.5 Å². The molecule has 0 heterocycles. The molecule has 3 aromatic rings. The Labute approximate surface area is 292 Å². The summed E-state index contributed by atoms with van der Waals surface area (Å²) in [6.45, 7) is -0.162. The van der Waals surface area contributed by atoms with Crippen molar-refractivity contribution in [1.82, 2.24) is 0 Å². The molecule has 0 bridgehead atoms. The predicted octanol–water partition coefficient (Wildman–Crippen LogP) is 3.74. The molecule has 0 spiro atoms. The Morgan fingerprint density at radius 1 is 0.620 bits per heavy atom. The first-order valence-electron chi connectivity index (χ1n) is 14.3. The second-order valence-corrected chi connectivity index (χ2v) is 17.4. The smallest absolute Gasteiger partial charge is 0.358 e. The lowest BCUT2D eigenvalue weighted by Crippen LogP contribution is -2.34. The lowest BCUT2D eigenvalue weighted by Gasteiger charge is -2.23. The average Bonchev–Trinajstić information content (AvgIpc) is 2.96. The zero-order valence-electron chi connectivity index (χ0n) is 28.7. The Kier molecular flexibility index (Phi) is 17.9. The molecule has 0 aliphatic carbocycles. The number of quaternary nitrogens is 2. The standard InChI is InChI=1S/2C10H16N.C9H10F2O6S2.C2H4F2O4S/c2*1-11(2,3)9-10-7-5-4-6-8-10;1-7-2-4-8(5-3-7)18(12,13)17-6-9(10,11)19(14,15)16;3-2(4,1-5)9(6,7)8/h2*4-8H,9H2,1-3H3;2-5H,6H2,1H3,(H,14,15,16);5H,1H2,(H,6,7,8)/q2*+1;;/p-2. The van der Waals surface area contributed by atoms with Gasteiger partial charge in [-0.05, 0) is 19.1 Å². The third-order valence-electron chi connectivity index (χ3n) is 5.61. The van der Waals surface area contributed by atoms with E-state index in [1.807, 2.05) is 0 Å². The molecule has 0 unspecified atom stereocenters. The molecule has 3 aromatic carbocycles. The summed E-state index contributed by atoms with van der Waals surface area (Å²) in [5.41, 5.74) is 3.53. The van der Waals surface area contributed by atoms with Gasteiger partial charge in [-0.25, -0.2) is 16.8 Å². The molecule has 19 heteroatoms. The van der Waals surface area contributed by atoms with Crippen molar-refractivity contribution in [3.8, 4) is 0 Å². The highest BCUT2D eigenvalue weighted by Crippen LogP contribution is 2.23. The lowest BCUT2D eigenvalue weighted by molar-refractivity contribution is -0.884. The molecule has 0 aliphatic rings. The second-order valence-electron chi connectivity index (χ2n) is 12.7. The van der Waals surface area contributed by atoms with E-state index < -0.39 is 59.0 Å². The number of rotatable bonds is 11. The molecule has 0 aromatic heterocycles. The molecule has 12 nitrogen and oxygen atoms in total. The van der Waals surface area contributed by atoms with Crippen LogP contribution in [0.5, 0.6) is 0 Å². The molecule has 0 fully saturated rings. The van der Waals surface area contributed by atoms with Gasteiger partial charge in [-0.1, -0.05) is 78.4 Å². The van der Waals surface area contributed by atoms with Crippen LogP contribution in [0.3, 0.4) is 0 Å². The van der Waals surface area contributed by atoms with Crippen LogP contribution in [0.15, 0.2) is 89.8 Å². The van der Waals surface area contributed by atoms with Crippen molar-refractivity contribution in [3.05, 3.63) is 102 Å². The minimum Gasteiger partial charge on any atom is -0.743 e. The SMILES string of the molecule is C[N+](C)(C)Cc1ccccc1.C[N+](C)(C)Cc1ccccc1.Cc1ccc(S(=O)(=O)OCC(F)(F)S(=O)(=O)[O-])cc1.O=S(=O)([O-])C(F)(F)CO. The fraction of sp³-hybridized carbons (Fsp3) is 0.419. The third-order valence-corrected chi connectivity index (χ3v) is 8.59. The molecular formula is C31H44F4N2O10S3. The van der Waals surface area contributed by atoms with Crippen LogP contribution in [0.1, 0.15) is 16.7 Å². The van der Waals surface area contributed by atoms with Crippen LogP contribution in [0.25, 0.3) is 0 Å². The van der Waals surface area contributed by atoms with Gasteiger partial charge >= 0.3 is 10.5 Å². The van der Waals surface area contributed by atoms with Gasteiger partial charge in [0.25, 0.3) is 10.1 Å². The molecule has 0 saturated carbocycles. The molecule has 0 atom stereocenters. The van der Waals surface area contributed by atoms with E-state index in [4.69, 9.17) is 5.11 Å². The molecule has 0 amide bonds. The first-order chi connectivity index (χ1) is 22.4. The number of alkyl halides is 4. The van der Waals surface area contributed by atoms with E-state index in [-0.39, 0.29) is 0 Å². The van der Waals surface area contributed by atoms with Gasteiger partial charge < -0.3 is 23.2 Å². The Morgan fingerprint density at radius 3 is 1.22 bits per heavy atom. The fourth-order valence-corrected chi connectivity index (χ4v) is 4.68. The van der Waals surface area contributed by atoms with Gasteiger partial charge in [-0.2, -0.15) is 26.0 Å². The van der Waals surface area contributed by atoms with Crippen LogP contribution in [-0.2, 0) is 47.6 Å². The number of halogens is 4. The van der Waals surface area contributed by atoms with Gasteiger partial charge in [0.15, 0.2) is 20.2 Å². The normalized spacial score (nSPS) is 12.7. The monoisotopic (exact) mass is 776 g/mol. The average molecular weight is 777 g/mol. The fourth-order valence-electron chi connectivity index (χ4n) is 3.33. The number of hydrogen-bond acceptors (Lipinski definition) is 10. The predicted molar refractivity (Wildman–Crippen MR) is 177 cm³/mol. The number of benzene rings is 3. The Balaban J connectivity index is 0.000000672. The summed E-state index contributed by atoms with van der Waals surface area (Å²) in [6, 6.07) is 26.2. The highest BCUT2D eigenvalue weighted by atomic mass is 32.2. The Morgan fingerprint density at radius 2 is 0.960 bits per heavy atom. The molecule has 284 valence electrons. The van der Waals surface area contributed by atoms with Crippen LogP contribution < -0.4 is 0 Å². The van der Waals surface area contributed by atoms with Gasteiger partial charge in [0.1, 0.15) is 26.3 Å². The highest BCUT2D eigenvalue weighted by molar-refractivity contribution is 7.87. The topological polar surface area (TPSA) is 178 Å². The van der Waals surface area contributed by atoms with Gasteiger partial charge in [-0.15, -0.1) is 0 Å². The Bertz CT molecular complexity index is 1710. The Hall–Kier alpha value is -3.01. The van der Waals surface area contributed by atoms with Gasteiger partial charge in [-0.3, -0.25) is 4.18 Å². The van der Waals surface area contributed by atoms with E-state index >= 15 is 0 Å². The summed E-state index contributed by atoms with van der Waals surface area (Å²) in [6.07, 6.45) is 0. The maximum Gasteiger partial charge on any atom is 0.358 e. The summed E-state index contributed by atoms with van der Waals surface area (Å²) >= 11 is 0. The van der Waals surface area contributed by atoms with Gasteiger partial charge in [0, 0.05) is 11.1 Å². The van der Waals surface area contributed by atoms with Crippen molar-refractivity contribution in [2.45, 2.75) is 35.4 Å². The van der Waals surface area contributed by atoms with Crippen LogP contribution in [0, 0.1) is 6.92 Å². The van der Waals surface area contributed by atoms with Crippen molar-refractivity contribution in [3.63, 3.8) is 0 Å². The zero-order valence-corrected chi connectivity index (χ0v) is 31.1. The summed E-state index contributed by atoms with van der Waals surface area (Å²) < 4.78 is 136. The first kappa shape index (κ1) is 47.0. The molecule has 3 rings (SSSR count). The summed E-state index contributed by atoms with van der Waals surface area (Å²) in [4.78, 5) is -0.419. The summed E-state index contributed by atoms with van der Waals surface area (Å²) in [7, 11) is -3.02. The number of hydrogen-bond donors (Lipinski definition) is 1. The molecular weight excluding hydrogens is 733 g/mol. The van der Waals surface area contributed by atoms with Crippen LogP contribution in [0.2, 0.25) is 0 Å². The maximum absolute atomic E-state index is 12.8. The zero-order chi connectivity index (χ0) is 39.2. The number of aliphatic hydroxyl groups excluding tert-OH is 1. The minimum absolute atomic E-state index is 0.419. The van der Waals surface area contributed by atoms with Crippen molar-refractivity contribution in [2.24, 2.45) is 0 Å². The van der Waals surface area contributed by atoms with Crippen LogP contribution in [0.4, 0.5) is 17.6 Å². The highest BCUT2D eigenvalue weighted by Gasteiger charge is 2.40. The van der Waals surface area contributed by atoms with E-state index in [0.717, 1.165) is 39.8 Å².